The Morgan fingerprint density at radius 1 is 0.909 bits per heavy atom. The Balaban J connectivity index is 1.85. The van der Waals surface area contributed by atoms with Crippen LogP contribution in [-0.2, 0) is 12.3 Å². The monoisotopic (exact) mass is 409 g/mol. The Morgan fingerprint density at radius 2 is 1.45 bits per heavy atom. The Bertz CT molecular complexity index is 634. The zero-order chi connectivity index (χ0) is 16.1. The van der Waals surface area contributed by atoms with Crippen molar-refractivity contribution in [2.75, 3.05) is 0 Å². The minimum Gasteiger partial charge on any atom is -0.367 e. The van der Waals surface area contributed by atoms with Gasteiger partial charge in [0.1, 0.15) is 4.32 Å². The second kappa shape index (κ2) is 8.62. The number of halogens is 4. The van der Waals surface area contributed by atoms with Crippen LogP contribution in [0.15, 0.2) is 36.4 Å². The lowest BCUT2D eigenvalue weighted by atomic mass is 10.2. The summed E-state index contributed by atoms with van der Waals surface area (Å²) >= 11 is 30.8. The topological polar surface area (TPSA) is 12.0 Å². The molecule has 0 bridgehead atoms. The van der Waals surface area contributed by atoms with E-state index in [4.69, 9.17) is 58.6 Å². The first-order chi connectivity index (χ1) is 10.5. The van der Waals surface area contributed by atoms with Crippen molar-refractivity contribution in [3.8, 4) is 0 Å². The van der Waals surface area contributed by atoms with Crippen molar-refractivity contribution in [1.82, 2.24) is 5.32 Å². The molecule has 0 aromatic heterocycles. The second-order valence-corrected chi connectivity index (χ2v) is 7.74. The van der Waals surface area contributed by atoms with Crippen LogP contribution in [-0.4, -0.2) is 4.32 Å². The van der Waals surface area contributed by atoms with Gasteiger partial charge in [-0.3, -0.25) is 0 Å². The Kier molecular flexibility index (Phi) is 7.13. The van der Waals surface area contributed by atoms with E-state index in [2.05, 4.69) is 5.32 Å². The summed E-state index contributed by atoms with van der Waals surface area (Å²) in [6, 6.07) is 10.8. The second-order valence-electron chi connectivity index (χ2n) is 4.40. The van der Waals surface area contributed by atoms with Gasteiger partial charge >= 0.3 is 0 Å². The van der Waals surface area contributed by atoms with Crippen LogP contribution in [0.25, 0.3) is 0 Å². The SMILES string of the molecule is S=C(NCc1ccc(Cl)cc1Cl)SCc1ccc(Cl)cc1Cl. The summed E-state index contributed by atoms with van der Waals surface area (Å²) < 4.78 is 0.678. The molecule has 0 fully saturated rings. The number of thiocarbonyl (C=S) groups is 1. The van der Waals surface area contributed by atoms with Crippen LogP contribution >= 0.6 is 70.4 Å². The summed E-state index contributed by atoms with van der Waals surface area (Å²) in [5, 5.41) is 5.66. The van der Waals surface area contributed by atoms with Crippen LogP contribution in [0.2, 0.25) is 20.1 Å². The molecule has 0 aliphatic carbocycles. The van der Waals surface area contributed by atoms with Gasteiger partial charge in [-0.2, -0.15) is 0 Å². The Hall–Kier alpha value is -0.160. The Morgan fingerprint density at radius 3 is 2.00 bits per heavy atom. The number of hydrogen-bond acceptors (Lipinski definition) is 2. The number of nitrogens with one attached hydrogen (secondary N) is 1. The van der Waals surface area contributed by atoms with Crippen molar-refractivity contribution in [2.45, 2.75) is 12.3 Å². The summed E-state index contributed by atoms with van der Waals surface area (Å²) in [5.41, 5.74) is 1.93. The molecule has 0 atom stereocenters. The van der Waals surface area contributed by atoms with E-state index in [0.717, 1.165) is 11.1 Å². The van der Waals surface area contributed by atoms with Crippen LogP contribution < -0.4 is 5.32 Å². The van der Waals surface area contributed by atoms with Crippen LogP contribution in [0.5, 0.6) is 0 Å². The van der Waals surface area contributed by atoms with Crippen molar-refractivity contribution in [2.24, 2.45) is 0 Å². The van der Waals surface area contributed by atoms with E-state index in [1.807, 2.05) is 18.2 Å². The van der Waals surface area contributed by atoms with Crippen LogP contribution in [0.3, 0.4) is 0 Å². The van der Waals surface area contributed by atoms with E-state index in [9.17, 15) is 0 Å². The molecule has 0 spiro atoms. The lowest BCUT2D eigenvalue weighted by molar-refractivity contribution is 0.940. The number of hydrogen-bond donors (Lipinski definition) is 1. The fourth-order valence-electron chi connectivity index (χ4n) is 1.67. The van der Waals surface area contributed by atoms with Crippen LogP contribution in [0.1, 0.15) is 11.1 Å². The maximum atomic E-state index is 6.13. The van der Waals surface area contributed by atoms with E-state index in [1.165, 1.54) is 11.8 Å². The summed E-state index contributed by atoms with van der Waals surface area (Å²) in [7, 11) is 0. The van der Waals surface area contributed by atoms with Gasteiger partial charge in [0.25, 0.3) is 0 Å². The fourth-order valence-corrected chi connectivity index (χ4v) is 3.66. The van der Waals surface area contributed by atoms with Gasteiger partial charge < -0.3 is 5.32 Å². The summed E-state index contributed by atoms with van der Waals surface area (Å²) in [6.07, 6.45) is 0. The quantitative estimate of drug-likeness (QED) is 0.569. The third-order valence-corrected chi connectivity index (χ3v) is 5.35. The molecule has 0 saturated heterocycles. The smallest absolute Gasteiger partial charge is 0.134 e. The average molecular weight is 411 g/mol. The van der Waals surface area contributed by atoms with Gasteiger partial charge in [0.05, 0.1) is 0 Å². The molecule has 0 heterocycles. The normalized spacial score (nSPS) is 10.5. The third kappa shape index (κ3) is 5.48. The third-order valence-electron chi connectivity index (χ3n) is 2.81. The van der Waals surface area contributed by atoms with Crippen molar-refractivity contribution in [1.29, 1.82) is 0 Å². The highest BCUT2D eigenvalue weighted by Crippen LogP contribution is 2.25. The van der Waals surface area contributed by atoms with Gasteiger partial charge in [0.15, 0.2) is 0 Å². The minimum atomic E-state index is 0.552. The lowest BCUT2D eigenvalue weighted by Crippen LogP contribution is -2.18. The molecule has 0 unspecified atom stereocenters. The first kappa shape index (κ1) is 18.2. The van der Waals surface area contributed by atoms with Crippen molar-refractivity contribution >= 4 is 74.7 Å². The average Bonchev–Trinajstić information content (AvgIpc) is 2.45. The van der Waals surface area contributed by atoms with Gasteiger partial charge in [0, 0.05) is 32.4 Å². The molecular weight excluding hydrogens is 400 g/mol. The lowest BCUT2D eigenvalue weighted by Gasteiger charge is -2.10. The number of thioether (sulfide) groups is 1. The van der Waals surface area contributed by atoms with Crippen molar-refractivity contribution in [3.63, 3.8) is 0 Å². The molecular formula is C15H11Cl4NS2. The maximum absolute atomic E-state index is 6.13. The van der Waals surface area contributed by atoms with E-state index < -0.39 is 0 Å². The van der Waals surface area contributed by atoms with Gasteiger partial charge in [-0.25, -0.2) is 0 Å². The van der Waals surface area contributed by atoms with E-state index in [1.54, 1.807) is 18.2 Å². The molecule has 0 aliphatic rings. The molecule has 2 aromatic rings. The molecule has 7 heteroatoms. The molecule has 2 aromatic carbocycles. The first-order valence-electron chi connectivity index (χ1n) is 6.24. The van der Waals surface area contributed by atoms with Crippen molar-refractivity contribution in [3.05, 3.63) is 67.6 Å². The van der Waals surface area contributed by atoms with E-state index in [-0.39, 0.29) is 0 Å². The zero-order valence-corrected chi connectivity index (χ0v) is 15.9. The number of benzene rings is 2. The number of rotatable bonds is 4. The highest BCUT2D eigenvalue weighted by molar-refractivity contribution is 8.22. The van der Waals surface area contributed by atoms with Crippen molar-refractivity contribution < 1.29 is 0 Å². The molecule has 0 radical (unpaired) electrons. The van der Waals surface area contributed by atoms with Gasteiger partial charge in [-0.05, 0) is 35.4 Å². The molecule has 0 aliphatic heterocycles. The predicted molar refractivity (Wildman–Crippen MR) is 104 cm³/mol. The molecule has 116 valence electrons. The minimum absolute atomic E-state index is 0.552. The molecule has 0 amide bonds. The zero-order valence-electron chi connectivity index (χ0n) is 11.2. The largest absolute Gasteiger partial charge is 0.367 e. The molecule has 22 heavy (non-hydrogen) atoms. The Labute approximate surface area is 159 Å². The first-order valence-corrected chi connectivity index (χ1v) is 9.15. The summed E-state index contributed by atoms with van der Waals surface area (Å²) in [5.74, 6) is 0.677. The molecule has 2 rings (SSSR count). The maximum Gasteiger partial charge on any atom is 0.134 e. The van der Waals surface area contributed by atoms with Gasteiger partial charge in [-0.1, -0.05) is 82.5 Å². The summed E-state index contributed by atoms with van der Waals surface area (Å²) in [4.78, 5) is 0. The van der Waals surface area contributed by atoms with E-state index in [0.29, 0.717) is 36.7 Å². The predicted octanol–water partition coefficient (Wildman–Crippen LogP) is 6.61. The molecule has 0 saturated carbocycles. The van der Waals surface area contributed by atoms with Crippen LogP contribution in [0.4, 0.5) is 0 Å². The highest BCUT2D eigenvalue weighted by atomic mass is 35.5. The van der Waals surface area contributed by atoms with Crippen LogP contribution in [0, 0.1) is 0 Å². The van der Waals surface area contributed by atoms with Gasteiger partial charge in [0.2, 0.25) is 0 Å². The highest BCUT2D eigenvalue weighted by Gasteiger charge is 2.06. The van der Waals surface area contributed by atoms with Gasteiger partial charge in [-0.15, -0.1) is 0 Å². The standard InChI is InChI=1S/C15H11Cl4NS2/c16-11-3-1-9(13(18)5-11)7-20-15(21)22-8-10-2-4-12(17)6-14(10)19/h1-6H,7-8H2,(H,20,21). The fraction of sp³-hybridized carbons (Fsp3) is 0.133. The molecule has 1 N–H and O–H groups in total. The summed E-state index contributed by atoms with van der Waals surface area (Å²) in [6.45, 7) is 0.552. The van der Waals surface area contributed by atoms with E-state index >= 15 is 0 Å². The molecule has 1 nitrogen and oxygen atoms in total.